The highest BCUT2D eigenvalue weighted by Gasteiger charge is 2.28. The molecule has 5 heteroatoms. The molecule has 1 aromatic carbocycles. The quantitative estimate of drug-likeness (QED) is 0.818. The molecule has 1 aliphatic heterocycles. The topological polar surface area (TPSA) is 49.8 Å². The Kier molecular flexibility index (Phi) is 6.68. The van der Waals surface area contributed by atoms with Crippen molar-refractivity contribution in [1.82, 2.24) is 4.90 Å². The largest absolute Gasteiger partial charge is 0.385 e. The number of aliphatic hydroxyl groups is 1. The van der Waals surface area contributed by atoms with E-state index in [2.05, 4.69) is 0 Å². The van der Waals surface area contributed by atoms with Gasteiger partial charge in [-0.3, -0.25) is 4.79 Å². The molecule has 2 rings (SSSR count). The number of rotatable bonds is 6. The van der Waals surface area contributed by atoms with E-state index in [4.69, 9.17) is 16.3 Å². The molecule has 1 saturated heterocycles. The number of carbonyl (C=O) groups is 1. The Hall–Kier alpha value is -1.10. The Morgan fingerprint density at radius 1 is 1.41 bits per heavy atom. The Morgan fingerprint density at radius 2 is 2.09 bits per heavy atom. The molecule has 4 nitrogen and oxygen atoms in total. The molecular formula is C17H24ClNO3. The maximum atomic E-state index is 12.4. The number of hydrogen-bond acceptors (Lipinski definition) is 3. The molecule has 1 heterocycles. The van der Waals surface area contributed by atoms with Crippen LogP contribution in [0, 0.1) is 5.92 Å². The summed E-state index contributed by atoms with van der Waals surface area (Å²) < 4.78 is 5.07. The van der Waals surface area contributed by atoms with Crippen molar-refractivity contribution >= 4 is 17.5 Å². The Balaban J connectivity index is 1.86. The van der Waals surface area contributed by atoms with Crippen molar-refractivity contribution in [3.8, 4) is 0 Å². The van der Waals surface area contributed by atoms with Gasteiger partial charge in [0.1, 0.15) is 0 Å². The summed E-state index contributed by atoms with van der Waals surface area (Å²) in [5, 5.41) is 10.7. The van der Waals surface area contributed by atoms with Crippen LogP contribution in [0.15, 0.2) is 24.3 Å². The summed E-state index contributed by atoms with van der Waals surface area (Å²) in [6, 6.07) is 6.95. The number of piperidine rings is 1. The normalized spacial score (nSPS) is 17.5. The van der Waals surface area contributed by atoms with Crippen molar-refractivity contribution < 1.29 is 14.6 Å². The summed E-state index contributed by atoms with van der Waals surface area (Å²) in [6.45, 7) is 2.21. The maximum Gasteiger partial charge on any atom is 0.256 e. The Labute approximate surface area is 137 Å². The van der Waals surface area contributed by atoms with Crippen LogP contribution in [0.1, 0.15) is 37.4 Å². The van der Waals surface area contributed by atoms with E-state index < -0.39 is 6.10 Å². The van der Waals surface area contributed by atoms with Gasteiger partial charge in [0.15, 0.2) is 6.10 Å². The molecule has 0 unspecified atom stereocenters. The Bertz CT molecular complexity index is 487. The minimum absolute atomic E-state index is 0.247. The van der Waals surface area contributed by atoms with E-state index >= 15 is 0 Å². The third-order valence-electron chi connectivity index (χ3n) is 4.32. The van der Waals surface area contributed by atoms with Gasteiger partial charge in [0, 0.05) is 37.4 Å². The molecular weight excluding hydrogens is 302 g/mol. The third-order valence-corrected chi connectivity index (χ3v) is 4.66. The molecule has 0 saturated carbocycles. The lowest BCUT2D eigenvalue weighted by Gasteiger charge is -2.33. The second kappa shape index (κ2) is 8.51. The maximum absolute atomic E-state index is 12.4. The van der Waals surface area contributed by atoms with Gasteiger partial charge < -0.3 is 14.7 Å². The lowest BCUT2D eigenvalue weighted by Crippen LogP contribution is -2.41. The standard InChI is InChI=1S/C17H24ClNO3/c1-22-12-4-5-13-8-10-19(11-9-13)17(21)16(20)14-6-2-3-7-15(14)18/h2-3,6-7,13,16,20H,4-5,8-12H2,1H3/t16-/m0/s1. The highest BCUT2D eigenvalue weighted by molar-refractivity contribution is 6.31. The lowest BCUT2D eigenvalue weighted by atomic mass is 9.92. The van der Waals surface area contributed by atoms with Crippen molar-refractivity contribution in [2.45, 2.75) is 31.8 Å². The Morgan fingerprint density at radius 3 is 2.73 bits per heavy atom. The van der Waals surface area contributed by atoms with Crippen LogP contribution in [0.25, 0.3) is 0 Å². The minimum Gasteiger partial charge on any atom is -0.385 e. The highest BCUT2D eigenvalue weighted by atomic mass is 35.5. The van der Waals surface area contributed by atoms with Crippen LogP contribution in [0.5, 0.6) is 0 Å². The average Bonchev–Trinajstić information content (AvgIpc) is 2.55. The number of halogens is 1. The van der Waals surface area contributed by atoms with E-state index in [1.54, 1.807) is 36.3 Å². The van der Waals surface area contributed by atoms with Gasteiger partial charge in [-0.25, -0.2) is 0 Å². The minimum atomic E-state index is -1.17. The van der Waals surface area contributed by atoms with Crippen LogP contribution in [-0.2, 0) is 9.53 Å². The molecule has 1 amide bonds. The van der Waals surface area contributed by atoms with Crippen LogP contribution in [0.4, 0.5) is 0 Å². The number of ether oxygens (including phenoxy) is 1. The van der Waals surface area contributed by atoms with E-state index in [0.29, 0.717) is 29.6 Å². The summed E-state index contributed by atoms with van der Waals surface area (Å²) in [4.78, 5) is 14.2. The zero-order chi connectivity index (χ0) is 15.9. The van der Waals surface area contributed by atoms with Crippen molar-refractivity contribution in [3.05, 3.63) is 34.9 Å². The molecule has 0 aromatic heterocycles. The number of aliphatic hydroxyl groups excluding tert-OH is 1. The van der Waals surface area contributed by atoms with E-state index in [9.17, 15) is 9.90 Å². The van der Waals surface area contributed by atoms with Gasteiger partial charge in [0.2, 0.25) is 0 Å². The predicted octanol–water partition coefficient (Wildman–Crippen LogP) is 3.04. The number of methoxy groups -OCH3 is 1. The van der Waals surface area contributed by atoms with Gasteiger partial charge in [-0.05, 0) is 37.7 Å². The zero-order valence-electron chi connectivity index (χ0n) is 13.0. The van der Waals surface area contributed by atoms with Crippen molar-refractivity contribution in [3.63, 3.8) is 0 Å². The van der Waals surface area contributed by atoms with Gasteiger partial charge in [-0.2, -0.15) is 0 Å². The summed E-state index contributed by atoms with van der Waals surface area (Å²) in [6.07, 6.45) is 3.02. The van der Waals surface area contributed by atoms with E-state index in [1.165, 1.54) is 0 Å². The summed E-state index contributed by atoms with van der Waals surface area (Å²) in [7, 11) is 1.72. The monoisotopic (exact) mass is 325 g/mol. The van der Waals surface area contributed by atoms with Crippen LogP contribution in [-0.4, -0.2) is 42.7 Å². The third kappa shape index (κ3) is 4.45. The van der Waals surface area contributed by atoms with E-state index in [-0.39, 0.29) is 5.91 Å². The van der Waals surface area contributed by atoms with Gasteiger partial charge in [-0.1, -0.05) is 29.8 Å². The van der Waals surface area contributed by atoms with Gasteiger partial charge in [0.05, 0.1) is 0 Å². The fourth-order valence-electron chi connectivity index (χ4n) is 2.96. The first-order valence-corrected chi connectivity index (χ1v) is 8.21. The molecule has 0 spiro atoms. The average molecular weight is 326 g/mol. The molecule has 1 aliphatic rings. The number of nitrogens with zero attached hydrogens (tertiary/aromatic N) is 1. The highest BCUT2D eigenvalue weighted by Crippen LogP contribution is 2.27. The number of amides is 1. The molecule has 1 aromatic rings. The van der Waals surface area contributed by atoms with Crippen LogP contribution < -0.4 is 0 Å². The second-order valence-electron chi connectivity index (χ2n) is 5.83. The van der Waals surface area contributed by atoms with Crippen LogP contribution >= 0.6 is 11.6 Å². The summed E-state index contributed by atoms with van der Waals surface area (Å²) >= 11 is 6.05. The summed E-state index contributed by atoms with van der Waals surface area (Å²) in [5.41, 5.74) is 0.483. The van der Waals surface area contributed by atoms with Crippen molar-refractivity contribution in [2.24, 2.45) is 5.92 Å². The SMILES string of the molecule is COCCCC1CCN(C(=O)[C@@H](O)c2ccccc2Cl)CC1. The molecule has 22 heavy (non-hydrogen) atoms. The van der Waals surface area contributed by atoms with E-state index in [0.717, 1.165) is 32.3 Å². The molecule has 1 N–H and O–H groups in total. The van der Waals surface area contributed by atoms with Gasteiger partial charge >= 0.3 is 0 Å². The fourth-order valence-corrected chi connectivity index (χ4v) is 3.20. The molecule has 0 aliphatic carbocycles. The number of carbonyl (C=O) groups excluding carboxylic acids is 1. The smallest absolute Gasteiger partial charge is 0.256 e. The van der Waals surface area contributed by atoms with Crippen LogP contribution in [0.3, 0.4) is 0 Å². The second-order valence-corrected chi connectivity index (χ2v) is 6.23. The molecule has 0 bridgehead atoms. The van der Waals surface area contributed by atoms with Crippen LogP contribution in [0.2, 0.25) is 5.02 Å². The molecule has 1 fully saturated rings. The van der Waals surface area contributed by atoms with Gasteiger partial charge in [-0.15, -0.1) is 0 Å². The first kappa shape index (κ1) is 17.3. The number of benzene rings is 1. The number of likely N-dealkylation sites (tertiary alicyclic amines) is 1. The summed E-state index contributed by atoms with van der Waals surface area (Å²) in [5.74, 6) is 0.403. The van der Waals surface area contributed by atoms with E-state index in [1.807, 2.05) is 0 Å². The molecule has 122 valence electrons. The van der Waals surface area contributed by atoms with Crippen molar-refractivity contribution in [1.29, 1.82) is 0 Å². The molecule has 0 radical (unpaired) electrons. The molecule has 1 atom stereocenters. The lowest BCUT2D eigenvalue weighted by molar-refractivity contribution is -0.142. The first-order valence-electron chi connectivity index (χ1n) is 7.83. The first-order chi connectivity index (χ1) is 10.6. The number of hydrogen-bond donors (Lipinski definition) is 1. The van der Waals surface area contributed by atoms with Crippen molar-refractivity contribution in [2.75, 3.05) is 26.8 Å². The zero-order valence-corrected chi connectivity index (χ0v) is 13.8. The fraction of sp³-hybridized carbons (Fsp3) is 0.588. The predicted molar refractivity (Wildman–Crippen MR) is 86.8 cm³/mol. The van der Waals surface area contributed by atoms with Gasteiger partial charge in [0.25, 0.3) is 5.91 Å².